The van der Waals surface area contributed by atoms with Crippen LogP contribution in [0, 0.1) is 0 Å². The highest BCUT2D eigenvalue weighted by molar-refractivity contribution is 7.14. The van der Waals surface area contributed by atoms with Crippen molar-refractivity contribution >= 4 is 23.2 Å². The molecule has 4 nitrogen and oxygen atoms in total. The highest BCUT2D eigenvalue weighted by Gasteiger charge is 2.28. The lowest BCUT2D eigenvalue weighted by Crippen LogP contribution is -2.15. The minimum Gasteiger partial charge on any atom is -0.465 e. The van der Waals surface area contributed by atoms with E-state index in [1.165, 1.54) is 18.4 Å². The lowest BCUT2D eigenvalue weighted by molar-refractivity contribution is 0.0597. The van der Waals surface area contributed by atoms with Crippen molar-refractivity contribution in [1.82, 2.24) is 0 Å². The van der Waals surface area contributed by atoms with Gasteiger partial charge in [0.15, 0.2) is 0 Å². The molecule has 5 heteroatoms. The molecule has 2 rings (SSSR count). The van der Waals surface area contributed by atoms with E-state index in [4.69, 9.17) is 5.73 Å². The average molecular weight is 225 g/mol. The number of methoxy groups -OCH3 is 1. The Labute approximate surface area is 91.0 Å². The third-order valence-electron chi connectivity index (χ3n) is 2.53. The number of carbonyl (C=O) groups is 2. The highest BCUT2D eigenvalue weighted by atomic mass is 32.1. The predicted octanol–water partition coefficient (Wildman–Crippen LogP) is 1.12. The fourth-order valence-corrected chi connectivity index (χ4v) is 3.13. The number of rotatable bonds is 2. The van der Waals surface area contributed by atoms with Gasteiger partial charge in [-0.15, -0.1) is 11.3 Å². The number of nitrogens with two attached hydrogens (primary N) is 1. The lowest BCUT2D eigenvalue weighted by Gasteiger charge is -2.01. The summed E-state index contributed by atoms with van der Waals surface area (Å²) in [4.78, 5) is 24.1. The molecule has 0 atom stereocenters. The van der Waals surface area contributed by atoms with E-state index < -0.39 is 11.9 Å². The summed E-state index contributed by atoms with van der Waals surface area (Å²) in [5.41, 5.74) is 6.58. The van der Waals surface area contributed by atoms with Gasteiger partial charge in [-0.1, -0.05) is 0 Å². The molecule has 2 N–H and O–H groups in total. The maximum Gasteiger partial charge on any atom is 0.339 e. The molecule has 0 aliphatic heterocycles. The summed E-state index contributed by atoms with van der Waals surface area (Å²) in [6.45, 7) is 0. The topological polar surface area (TPSA) is 69.4 Å². The Kier molecular flexibility index (Phi) is 2.48. The monoisotopic (exact) mass is 225 g/mol. The van der Waals surface area contributed by atoms with Crippen molar-refractivity contribution in [2.45, 2.75) is 19.3 Å². The molecule has 1 aromatic heterocycles. The number of ether oxygens (including phenoxy) is 1. The normalized spacial score (nSPS) is 13.7. The van der Waals surface area contributed by atoms with Gasteiger partial charge in [-0.2, -0.15) is 0 Å². The van der Waals surface area contributed by atoms with Crippen molar-refractivity contribution < 1.29 is 14.3 Å². The van der Waals surface area contributed by atoms with Crippen LogP contribution in [0.1, 0.15) is 36.9 Å². The molecule has 1 aliphatic carbocycles. The van der Waals surface area contributed by atoms with Crippen LogP contribution in [0.4, 0.5) is 0 Å². The third-order valence-corrected chi connectivity index (χ3v) is 3.84. The van der Waals surface area contributed by atoms with Crippen molar-refractivity contribution in [3.63, 3.8) is 0 Å². The molecule has 0 spiro atoms. The van der Waals surface area contributed by atoms with E-state index in [9.17, 15) is 9.59 Å². The predicted molar refractivity (Wildman–Crippen MR) is 56.2 cm³/mol. The zero-order valence-corrected chi connectivity index (χ0v) is 9.15. The van der Waals surface area contributed by atoms with Gasteiger partial charge in [-0.05, 0) is 24.8 Å². The van der Waals surface area contributed by atoms with E-state index in [2.05, 4.69) is 4.74 Å². The first-order valence-corrected chi connectivity index (χ1v) is 5.49. The first kappa shape index (κ1) is 10.2. The Morgan fingerprint density at radius 3 is 2.73 bits per heavy atom. The molecule has 15 heavy (non-hydrogen) atoms. The summed E-state index contributed by atoms with van der Waals surface area (Å²) in [7, 11) is 1.31. The molecular formula is C10H11NO3S. The molecule has 0 aromatic carbocycles. The summed E-state index contributed by atoms with van der Waals surface area (Å²) in [5, 5.41) is 0. The van der Waals surface area contributed by atoms with E-state index in [-0.39, 0.29) is 0 Å². The van der Waals surface area contributed by atoms with Gasteiger partial charge < -0.3 is 10.5 Å². The Morgan fingerprint density at radius 2 is 2.13 bits per heavy atom. The number of esters is 1. The minimum absolute atomic E-state index is 0.339. The number of carbonyl (C=O) groups excluding carboxylic acids is 2. The van der Waals surface area contributed by atoms with Crippen LogP contribution >= 0.6 is 11.3 Å². The van der Waals surface area contributed by atoms with Crippen LogP contribution < -0.4 is 5.73 Å². The molecule has 0 fully saturated rings. The molecule has 0 radical (unpaired) electrons. The molecule has 1 aliphatic rings. The largest absolute Gasteiger partial charge is 0.465 e. The highest BCUT2D eigenvalue weighted by Crippen LogP contribution is 2.35. The number of primary amides is 1. The standard InChI is InChI=1S/C10H11NO3S/c1-14-10(13)7-5-3-2-4-6(5)15-8(7)9(11)12/h2-4H2,1H3,(H2,11,12). The SMILES string of the molecule is COC(=O)c1c(C(N)=O)sc2c1CCC2. The molecule has 0 saturated heterocycles. The first-order valence-electron chi connectivity index (χ1n) is 4.67. The number of fused-ring (bicyclic) bond motifs is 1. The third kappa shape index (κ3) is 1.52. The van der Waals surface area contributed by atoms with E-state index in [0.29, 0.717) is 10.4 Å². The number of thiophene rings is 1. The first-order chi connectivity index (χ1) is 7.15. The van der Waals surface area contributed by atoms with E-state index >= 15 is 0 Å². The Hall–Kier alpha value is -1.36. The quantitative estimate of drug-likeness (QED) is 0.767. The smallest absolute Gasteiger partial charge is 0.339 e. The Bertz CT molecular complexity index is 436. The van der Waals surface area contributed by atoms with E-state index in [1.54, 1.807) is 0 Å². The van der Waals surface area contributed by atoms with Crippen LogP contribution in [0.5, 0.6) is 0 Å². The molecule has 1 aromatic rings. The lowest BCUT2D eigenvalue weighted by atomic mass is 10.1. The fraction of sp³-hybridized carbons (Fsp3) is 0.400. The second-order valence-electron chi connectivity index (χ2n) is 3.42. The van der Waals surface area contributed by atoms with Gasteiger partial charge in [0.1, 0.15) is 4.88 Å². The van der Waals surface area contributed by atoms with Crippen molar-refractivity contribution in [3.8, 4) is 0 Å². The second kappa shape index (κ2) is 3.66. The number of amides is 1. The summed E-state index contributed by atoms with van der Waals surface area (Å²) >= 11 is 1.33. The van der Waals surface area contributed by atoms with Crippen LogP contribution in [-0.2, 0) is 17.6 Å². The second-order valence-corrected chi connectivity index (χ2v) is 4.52. The van der Waals surface area contributed by atoms with Crippen LogP contribution in [0.2, 0.25) is 0 Å². The van der Waals surface area contributed by atoms with E-state index in [1.807, 2.05) is 0 Å². The summed E-state index contributed by atoms with van der Waals surface area (Å²) in [6.07, 6.45) is 2.80. The summed E-state index contributed by atoms with van der Waals surface area (Å²) in [6, 6.07) is 0. The number of hydrogen-bond acceptors (Lipinski definition) is 4. The summed E-state index contributed by atoms with van der Waals surface area (Å²) < 4.78 is 4.67. The number of aryl methyl sites for hydroxylation is 1. The van der Waals surface area contributed by atoms with Crippen molar-refractivity contribution in [2.24, 2.45) is 5.73 Å². The van der Waals surface area contributed by atoms with Gasteiger partial charge in [0.2, 0.25) is 0 Å². The van der Waals surface area contributed by atoms with Gasteiger partial charge in [0.05, 0.1) is 12.7 Å². The number of hydrogen-bond donors (Lipinski definition) is 1. The maximum absolute atomic E-state index is 11.5. The van der Waals surface area contributed by atoms with Crippen molar-refractivity contribution in [3.05, 3.63) is 20.9 Å². The van der Waals surface area contributed by atoms with Gasteiger partial charge in [-0.3, -0.25) is 4.79 Å². The van der Waals surface area contributed by atoms with Gasteiger partial charge >= 0.3 is 5.97 Å². The maximum atomic E-state index is 11.5. The summed E-state index contributed by atoms with van der Waals surface area (Å²) in [5.74, 6) is -1.00. The van der Waals surface area contributed by atoms with Crippen molar-refractivity contribution in [1.29, 1.82) is 0 Å². The zero-order valence-electron chi connectivity index (χ0n) is 8.33. The fourth-order valence-electron chi connectivity index (χ4n) is 1.90. The molecule has 0 bridgehead atoms. The van der Waals surface area contributed by atoms with Crippen LogP contribution in [0.25, 0.3) is 0 Å². The van der Waals surface area contributed by atoms with Crippen LogP contribution in [0.3, 0.4) is 0 Å². The van der Waals surface area contributed by atoms with Crippen LogP contribution in [0.15, 0.2) is 0 Å². The van der Waals surface area contributed by atoms with Gasteiger partial charge in [0.25, 0.3) is 5.91 Å². The van der Waals surface area contributed by atoms with E-state index in [0.717, 1.165) is 29.7 Å². The molecule has 1 amide bonds. The molecule has 1 heterocycles. The average Bonchev–Trinajstić information content (AvgIpc) is 2.74. The van der Waals surface area contributed by atoms with Gasteiger partial charge in [-0.25, -0.2) is 4.79 Å². The van der Waals surface area contributed by atoms with Gasteiger partial charge in [0, 0.05) is 4.88 Å². The molecular weight excluding hydrogens is 214 g/mol. The minimum atomic E-state index is -0.546. The molecule has 0 saturated carbocycles. The Balaban J connectivity index is 2.57. The van der Waals surface area contributed by atoms with Crippen LogP contribution in [-0.4, -0.2) is 19.0 Å². The Morgan fingerprint density at radius 1 is 1.40 bits per heavy atom. The molecule has 0 unspecified atom stereocenters. The van der Waals surface area contributed by atoms with Crippen molar-refractivity contribution in [2.75, 3.05) is 7.11 Å². The molecule has 80 valence electrons. The zero-order chi connectivity index (χ0) is 11.0.